The minimum atomic E-state index is -3.07. The van der Waals surface area contributed by atoms with E-state index in [1.807, 2.05) is 24.4 Å². The Morgan fingerprint density at radius 1 is 1.13 bits per heavy atom. The van der Waals surface area contributed by atoms with Crippen LogP contribution >= 0.6 is 15.9 Å². The lowest BCUT2D eigenvalue weighted by molar-refractivity contribution is 0.382. The maximum atomic E-state index is 12.3. The Bertz CT molecular complexity index is 846. The molecule has 0 N–H and O–H groups in total. The lowest BCUT2D eigenvalue weighted by atomic mass is 10.2. The van der Waals surface area contributed by atoms with Gasteiger partial charge in [-0.1, -0.05) is 15.9 Å². The summed E-state index contributed by atoms with van der Waals surface area (Å²) in [7, 11) is -3.07. The summed E-state index contributed by atoms with van der Waals surface area (Å²) >= 11 is 3.44. The maximum absolute atomic E-state index is 12.3. The zero-order chi connectivity index (χ0) is 16.0. The van der Waals surface area contributed by atoms with Crippen LogP contribution in [0, 0.1) is 0 Å². The second-order valence-electron chi connectivity index (χ2n) is 6.00. The fraction of sp³-hybridized carbons (Fsp3) is 0.467. The third-order valence-corrected chi connectivity index (χ3v) is 7.25. The number of nitrogens with zero attached hydrogens (tertiary/aromatic N) is 4. The summed E-state index contributed by atoms with van der Waals surface area (Å²) in [6.45, 7) is 2.29. The summed E-state index contributed by atoms with van der Waals surface area (Å²) in [6.07, 6.45) is 3.44. The number of hydrogen-bond donors (Lipinski definition) is 0. The summed E-state index contributed by atoms with van der Waals surface area (Å²) in [5.41, 5.74) is 0.895. The van der Waals surface area contributed by atoms with Crippen molar-refractivity contribution in [1.82, 2.24) is 14.3 Å². The second-order valence-corrected chi connectivity index (χ2v) is 9.13. The van der Waals surface area contributed by atoms with Gasteiger partial charge in [-0.2, -0.15) is 4.31 Å². The number of anilines is 1. The molecule has 1 aromatic heterocycles. The lowest BCUT2D eigenvalue weighted by Crippen LogP contribution is -2.50. The predicted octanol–water partition coefficient (Wildman–Crippen LogP) is 2.01. The number of halogens is 1. The van der Waals surface area contributed by atoms with Gasteiger partial charge in [0.05, 0.1) is 10.8 Å². The molecule has 0 unspecified atom stereocenters. The normalized spacial score (nSPS) is 20.1. The van der Waals surface area contributed by atoms with Crippen molar-refractivity contribution in [2.45, 2.75) is 18.1 Å². The van der Waals surface area contributed by atoms with Crippen LogP contribution in [0.15, 0.2) is 28.9 Å². The van der Waals surface area contributed by atoms with E-state index in [0.29, 0.717) is 32.1 Å². The molecule has 2 aliphatic rings. The number of hydrogen-bond acceptors (Lipinski definition) is 5. The van der Waals surface area contributed by atoms with Gasteiger partial charge < -0.3 is 4.90 Å². The summed E-state index contributed by atoms with van der Waals surface area (Å²) < 4.78 is 27.2. The summed E-state index contributed by atoms with van der Waals surface area (Å²) in [6, 6.07) is 5.90. The number of rotatable bonds is 3. The number of piperazine rings is 1. The van der Waals surface area contributed by atoms with Gasteiger partial charge in [0.2, 0.25) is 16.0 Å². The molecular formula is C15H17BrN4O2S. The molecule has 0 bridgehead atoms. The number of fused-ring (bicyclic) bond motifs is 1. The van der Waals surface area contributed by atoms with E-state index < -0.39 is 10.0 Å². The highest BCUT2D eigenvalue weighted by atomic mass is 79.9. The Kier molecular flexibility index (Phi) is 3.78. The van der Waals surface area contributed by atoms with E-state index in [9.17, 15) is 8.42 Å². The summed E-state index contributed by atoms with van der Waals surface area (Å²) in [5, 5.41) is 0.850. The van der Waals surface area contributed by atoms with Crippen LogP contribution in [-0.4, -0.2) is 54.1 Å². The van der Waals surface area contributed by atoms with Gasteiger partial charge in [-0.15, -0.1) is 0 Å². The van der Waals surface area contributed by atoms with Gasteiger partial charge in [0.15, 0.2) is 0 Å². The molecule has 2 fully saturated rings. The molecule has 4 rings (SSSR count). The molecule has 8 heteroatoms. The largest absolute Gasteiger partial charge is 0.338 e. The standard InChI is InChI=1S/C15H17BrN4O2S/c16-12-1-4-14-11(9-12)10-17-15(18-14)19-5-7-20(8-6-19)23(21,22)13-2-3-13/h1,4,9-10,13H,2-3,5-8H2. The first-order chi connectivity index (χ1) is 11.0. The average Bonchev–Trinajstić information content (AvgIpc) is 3.40. The number of aromatic nitrogens is 2. The van der Waals surface area contributed by atoms with E-state index in [2.05, 4.69) is 30.8 Å². The van der Waals surface area contributed by atoms with Crippen molar-refractivity contribution >= 4 is 42.8 Å². The molecular weight excluding hydrogens is 380 g/mol. The van der Waals surface area contributed by atoms with E-state index in [-0.39, 0.29) is 5.25 Å². The monoisotopic (exact) mass is 396 g/mol. The smallest absolute Gasteiger partial charge is 0.225 e. The SMILES string of the molecule is O=S(=O)(C1CC1)N1CCN(c2ncc3cc(Br)ccc3n2)CC1. The first kappa shape index (κ1) is 15.3. The lowest BCUT2D eigenvalue weighted by Gasteiger charge is -2.34. The van der Waals surface area contributed by atoms with Crippen LogP contribution in [0.25, 0.3) is 10.9 Å². The molecule has 0 atom stereocenters. The third-order valence-electron chi connectivity index (χ3n) is 4.36. The van der Waals surface area contributed by atoms with Crippen molar-refractivity contribution in [3.8, 4) is 0 Å². The van der Waals surface area contributed by atoms with Crippen molar-refractivity contribution in [2.75, 3.05) is 31.1 Å². The predicted molar refractivity (Wildman–Crippen MR) is 93.0 cm³/mol. The fourth-order valence-electron chi connectivity index (χ4n) is 2.87. The molecule has 0 amide bonds. The highest BCUT2D eigenvalue weighted by Crippen LogP contribution is 2.31. The van der Waals surface area contributed by atoms with Gasteiger partial charge in [0, 0.05) is 42.2 Å². The Hall–Kier alpha value is -1.25. The molecule has 23 heavy (non-hydrogen) atoms. The van der Waals surface area contributed by atoms with E-state index >= 15 is 0 Å². The molecule has 1 saturated heterocycles. The second kappa shape index (κ2) is 5.68. The molecule has 6 nitrogen and oxygen atoms in total. The molecule has 1 saturated carbocycles. The molecule has 1 aliphatic carbocycles. The Morgan fingerprint density at radius 2 is 1.87 bits per heavy atom. The highest BCUT2D eigenvalue weighted by molar-refractivity contribution is 9.10. The van der Waals surface area contributed by atoms with Gasteiger partial charge >= 0.3 is 0 Å². The van der Waals surface area contributed by atoms with E-state index in [1.165, 1.54) is 0 Å². The van der Waals surface area contributed by atoms with Crippen molar-refractivity contribution in [1.29, 1.82) is 0 Å². The number of sulfonamides is 1. The summed E-state index contributed by atoms with van der Waals surface area (Å²) in [5.74, 6) is 0.670. The Labute approximate surface area is 143 Å². The van der Waals surface area contributed by atoms with Gasteiger partial charge in [-0.25, -0.2) is 18.4 Å². The van der Waals surface area contributed by atoms with Crippen LogP contribution in [0.1, 0.15) is 12.8 Å². The highest BCUT2D eigenvalue weighted by Gasteiger charge is 2.41. The van der Waals surface area contributed by atoms with Crippen molar-refractivity contribution in [3.63, 3.8) is 0 Å². The molecule has 0 radical (unpaired) electrons. The quantitative estimate of drug-likeness (QED) is 0.793. The van der Waals surface area contributed by atoms with Crippen LogP contribution in [0.2, 0.25) is 0 Å². The Balaban J connectivity index is 1.51. The first-order valence-electron chi connectivity index (χ1n) is 7.70. The van der Waals surface area contributed by atoms with Crippen molar-refractivity contribution in [3.05, 3.63) is 28.9 Å². The van der Waals surface area contributed by atoms with Crippen LogP contribution in [0.3, 0.4) is 0 Å². The first-order valence-corrected chi connectivity index (χ1v) is 10.00. The van der Waals surface area contributed by atoms with Crippen LogP contribution in [-0.2, 0) is 10.0 Å². The van der Waals surface area contributed by atoms with Gasteiger partial charge in [-0.05, 0) is 31.0 Å². The van der Waals surface area contributed by atoms with Crippen LogP contribution < -0.4 is 4.90 Å². The van der Waals surface area contributed by atoms with Crippen LogP contribution in [0.5, 0.6) is 0 Å². The zero-order valence-corrected chi connectivity index (χ0v) is 14.9. The molecule has 1 aliphatic heterocycles. The maximum Gasteiger partial charge on any atom is 0.225 e. The van der Waals surface area contributed by atoms with Gasteiger partial charge in [0.1, 0.15) is 0 Å². The van der Waals surface area contributed by atoms with E-state index in [4.69, 9.17) is 0 Å². The summed E-state index contributed by atoms with van der Waals surface area (Å²) in [4.78, 5) is 11.1. The molecule has 122 valence electrons. The van der Waals surface area contributed by atoms with E-state index in [0.717, 1.165) is 28.2 Å². The molecule has 2 aromatic rings. The van der Waals surface area contributed by atoms with Crippen molar-refractivity contribution < 1.29 is 8.42 Å². The minimum absolute atomic E-state index is 0.135. The minimum Gasteiger partial charge on any atom is -0.338 e. The third kappa shape index (κ3) is 2.95. The Morgan fingerprint density at radius 3 is 2.57 bits per heavy atom. The van der Waals surface area contributed by atoms with Gasteiger partial charge in [0.25, 0.3) is 0 Å². The van der Waals surface area contributed by atoms with Crippen LogP contribution in [0.4, 0.5) is 5.95 Å². The van der Waals surface area contributed by atoms with Crippen molar-refractivity contribution in [2.24, 2.45) is 0 Å². The van der Waals surface area contributed by atoms with Gasteiger partial charge in [-0.3, -0.25) is 0 Å². The molecule has 1 aromatic carbocycles. The zero-order valence-electron chi connectivity index (χ0n) is 12.5. The number of benzene rings is 1. The topological polar surface area (TPSA) is 66.4 Å². The fourth-order valence-corrected chi connectivity index (χ4v) is 5.07. The molecule has 2 heterocycles. The molecule has 0 spiro atoms. The van der Waals surface area contributed by atoms with E-state index in [1.54, 1.807) is 4.31 Å². The average molecular weight is 397 g/mol.